The second kappa shape index (κ2) is 5.82. The van der Waals surface area contributed by atoms with Crippen LogP contribution in [-0.4, -0.2) is 42.5 Å². The molecule has 0 aliphatic rings. The van der Waals surface area contributed by atoms with Gasteiger partial charge in [0.2, 0.25) is 0 Å². The third-order valence-electron chi connectivity index (χ3n) is 2.39. The van der Waals surface area contributed by atoms with E-state index in [9.17, 15) is 4.79 Å². The number of amides is 1. The summed E-state index contributed by atoms with van der Waals surface area (Å²) in [6.07, 6.45) is 1.52. The van der Waals surface area contributed by atoms with Gasteiger partial charge in [0.1, 0.15) is 5.69 Å². The zero-order valence-electron chi connectivity index (χ0n) is 9.70. The molecule has 1 unspecified atom stereocenters. The number of nitrogens with zero attached hydrogens (tertiary/aromatic N) is 2. The monoisotopic (exact) mass is 241 g/mol. The molecule has 0 saturated carbocycles. The van der Waals surface area contributed by atoms with Crippen molar-refractivity contribution in [1.82, 2.24) is 15.2 Å². The van der Waals surface area contributed by atoms with Crippen molar-refractivity contribution < 1.29 is 4.79 Å². The molecule has 0 saturated heterocycles. The Kier molecular flexibility index (Phi) is 4.71. The summed E-state index contributed by atoms with van der Waals surface area (Å²) < 4.78 is 0. The Bertz CT molecular complexity index is 368. The van der Waals surface area contributed by atoms with Gasteiger partial charge in [0.15, 0.2) is 0 Å². The van der Waals surface area contributed by atoms with E-state index in [4.69, 9.17) is 11.6 Å². The first-order valence-corrected chi connectivity index (χ1v) is 5.44. The zero-order chi connectivity index (χ0) is 12.1. The normalized spacial score (nSPS) is 12.6. The zero-order valence-corrected chi connectivity index (χ0v) is 10.5. The summed E-state index contributed by atoms with van der Waals surface area (Å²) in [6.45, 7) is 2.62. The molecule has 0 aliphatic heterocycles. The topological polar surface area (TPSA) is 45.2 Å². The summed E-state index contributed by atoms with van der Waals surface area (Å²) in [7, 11) is 3.93. The second-order valence-electron chi connectivity index (χ2n) is 3.88. The van der Waals surface area contributed by atoms with Crippen LogP contribution in [0.5, 0.6) is 0 Å². The standard InChI is InChI=1S/C11H16ClN3O/c1-8(15(2)3)7-14-11(16)10-6-9(12)4-5-13-10/h4-6,8H,7H2,1-3H3,(H,14,16). The van der Waals surface area contributed by atoms with E-state index in [1.54, 1.807) is 12.1 Å². The maximum Gasteiger partial charge on any atom is 0.269 e. The lowest BCUT2D eigenvalue weighted by atomic mass is 10.3. The van der Waals surface area contributed by atoms with Crippen molar-refractivity contribution >= 4 is 17.5 Å². The van der Waals surface area contributed by atoms with E-state index in [0.717, 1.165) is 0 Å². The van der Waals surface area contributed by atoms with Crippen LogP contribution in [0.2, 0.25) is 5.02 Å². The average molecular weight is 242 g/mol. The molecule has 5 heteroatoms. The number of aromatic nitrogens is 1. The molecule has 1 heterocycles. The SMILES string of the molecule is CC(CNC(=O)c1cc(Cl)ccn1)N(C)C. The van der Waals surface area contributed by atoms with Crippen LogP contribution in [0.3, 0.4) is 0 Å². The van der Waals surface area contributed by atoms with Gasteiger partial charge in [0.05, 0.1) is 0 Å². The Hall–Kier alpha value is -1.13. The Morgan fingerprint density at radius 1 is 1.62 bits per heavy atom. The summed E-state index contributed by atoms with van der Waals surface area (Å²) in [4.78, 5) is 17.7. The van der Waals surface area contributed by atoms with Gasteiger partial charge in [-0.1, -0.05) is 11.6 Å². The highest BCUT2D eigenvalue weighted by Crippen LogP contribution is 2.07. The highest BCUT2D eigenvalue weighted by Gasteiger charge is 2.10. The van der Waals surface area contributed by atoms with Gasteiger partial charge in [-0.2, -0.15) is 0 Å². The molecule has 1 amide bonds. The third kappa shape index (κ3) is 3.79. The molecule has 0 bridgehead atoms. The average Bonchev–Trinajstić information content (AvgIpc) is 2.25. The van der Waals surface area contributed by atoms with E-state index in [1.807, 2.05) is 25.9 Å². The number of carbonyl (C=O) groups is 1. The maximum atomic E-state index is 11.7. The fourth-order valence-corrected chi connectivity index (χ4v) is 1.20. The van der Waals surface area contributed by atoms with Crippen LogP contribution in [0, 0.1) is 0 Å². The molecule has 1 rings (SSSR count). The summed E-state index contributed by atoms with van der Waals surface area (Å²) in [5.41, 5.74) is 0.346. The van der Waals surface area contributed by atoms with Crippen LogP contribution >= 0.6 is 11.6 Å². The lowest BCUT2D eigenvalue weighted by Crippen LogP contribution is -2.38. The number of hydrogen-bond donors (Lipinski definition) is 1. The first-order chi connectivity index (χ1) is 7.50. The van der Waals surface area contributed by atoms with E-state index < -0.39 is 0 Å². The molecule has 16 heavy (non-hydrogen) atoms. The largest absolute Gasteiger partial charge is 0.349 e. The van der Waals surface area contributed by atoms with E-state index >= 15 is 0 Å². The Labute approximate surface area is 101 Å². The highest BCUT2D eigenvalue weighted by atomic mass is 35.5. The van der Waals surface area contributed by atoms with Crippen molar-refractivity contribution in [2.45, 2.75) is 13.0 Å². The maximum absolute atomic E-state index is 11.7. The van der Waals surface area contributed by atoms with Gasteiger partial charge in [-0.05, 0) is 33.2 Å². The molecule has 0 spiro atoms. The number of carbonyl (C=O) groups excluding carboxylic acids is 1. The van der Waals surface area contributed by atoms with Crippen LogP contribution in [0.1, 0.15) is 17.4 Å². The van der Waals surface area contributed by atoms with E-state index in [-0.39, 0.29) is 11.9 Å². The van der Waals surface area contributed by atoms with Crippen LogP contribution in [0.25, 0.3) is 0 Å². The van der Waals surface area contributed by atoms with Gasteiger partial charge < -0.3 is 10.2 Å². The van der Waals surface area contributed by atoms with Crippen molar-refractivity contribution in [1.29, 1.82) is 0 Å². The summed E-state index contributed by atoms with van der Waals surface area (Å²) in [6, 6.07) is 3.47. The number of hydrogen-bond acceptors (Lipinski definition) is 3. The number of nitrogens with one attached hydrogen (secondary N) is 1. The number of likely N-dealkylation sites (N-methyl/N-ethyl adjacent to an activating group) is 1. The van der Waals surface area contributed by atoms with Crippen LogP contribution in [-0.2, 0) is 0 Å². The summed E-state index contributed by atoms with van der Waals surface area (Å²) >= 11 is 5.77. The molecule has 1 aromatic heterocycles. The minimum absolute atomic E-state index is 0.198. The number of rotatable bonds is 4. The fraction of sp³-hybridized carbons (Fsp3) is 0.455. The predicted octanol–water partition coefficient (Wildman–Crippen LogP) is 1.41. The molecule has 1 N–H and O–H groups in total. The van der Waals surface area contributed by atoms with Gasteiger partial charge in [-0.15, -0.1) is 0 Å². The number of halogens is 1. The van der Waals surface area contributed by atoms with Gasteiger partial charge in [0, 0.05) is 23.8 Å². The first kappa shape index (κ1) is 12.9. The van der Waals surface area contributed by atoms with Crippen LogP contribution in [0.15, 0.2) is 18.3 Å². The molecule has 4 nitrogen and oxygen atoms in total. The molecule has 88 valence electrons. The minimum atomic E-state index is -0.198. The molecule has 0 aromatic carbocycles. The van der Waals surface area contributed by atoms with Crippen LogP contribution in [0.4, 0.5) is 0 Å². The molecule has 0 radical (unpaired) electrons. The molecule has 1 atom stereocenters. The Balaban J connectivity index is 2.53. The van der Waals surface area contributed by atoms with Crippen LogP contribution < -0.4 is 5.32 Å². The van der Waals surface area contributed by atoms with Gasteiger partial charge in [0.25, 0.3) is 5.91 Å². The van der Waals surface area contributed by atoms with Gasteiger partial charge >= 0.3 is 0 Å². The second-order valence-corrected chi connectivity index (χ2v) is 4.32. The first-order valence-electron chi connectivity index (χ1n) is 5.07. The molecule has 0 fully saturated rings. The third-order valence-corrected chi connectivity index (χ3v) is 2.63. The quantitative estimate of drug-likeness (QED) is 0.867. The van der Waals surface area contributed by atoms with Gasteiger partial charge in [-0.3, -0.25) is 9.78 Å². The molecule has 0 aliphatic carbocycles. The smallest absolute Gasteiger partial charge is 0.269 e. The fourth-order valence-electron chi connectivity index (χ4n) is 1.04. The van der Waals surface area contributed by atoms with Crippen molar-refractivity contribution in [3.8, 4) is 0 Å². The summed E-state index contributed by atoms with van der Waals surface area (Å²) in [5.74, 6) is -0.198. The van der Waals surface area contributed by atoms with Crippen molar-refractivity contribution in [3.63, 3.8) is 0 Å². The van der Waals surface area contributed by atoms with Crippen molar-refractivity contribution in [2.24, 2.45) is 0 Å². The predicted molar refractivity (Wildman–Crippen MR) is 64.7 cm³/mol. The Morgan fingerprint density at radius 2 is 2.31 bits per heavy atom. The minimum Gasteiger partial charge on any atom is -0.349 e. The molecular weight excluding hydrogens is 226 g/mol. The highest BCUT2D eigenvalue weighted by molar-refractivity contribution is 6.30. The van der Waals surface area contributed by atoms with E-state index in [2.05, 4.69) is 10.3 Å². The van der Waals surface area contributed by atoms with E-state index in [1.165, 1.54) is 6.20 Å². The molecular formula is C11H16ClN3O. The summed E-state index contributed by atoms with van der Waals surface area (Å²) in [5, 5.41) is 3.32. The van der Waals surface area contributed by atoms with E-state index in [0.29, 0.717) is 17.3 Å². The lowest BCUT2D eigenvalue weighted by Gasteiger charge is -2.19. The molecule has 1 aromatic rings. The van der Waals surface area contributed by atoms with Crippen molar-refractivity contribution in [3.05, 3.63) is 29.0 Å². The van der Waals surface area contributed by atoms with Gasteiger partial charge in [-0.25, -0.2) is 0 Å². The number of pyridine rings is 1. The lowest BCUT2D eigenvalue weighted by molar-refractivity contribution is 0.0938. The Morgan fingerprint density at radius 3 is 2.88 bits per heavy atom. The van der Waals surface area contributed by atoms with Crippen molar-refractivity contribution in [2.75, 3.05) is 20.6 Å².